The van der Waals surface area contributed by atoms with Gasteiger partial charge in [0.15, 0.2) is 11.0 Å². The third kappa shape index (κ3) is 4.14. The first-order valence-electron chi connectivity index (χ1n) is 6.47. The van der Waals surface area contributed by atoms with E-state index in [1.54, 1.807) is 13.0 Å². The number of aromatic nitrogens is 2. The molecule has 1 heterocycles. The minimum absolute atomic E-state index is 0.0512. The number of aryl methyl sites for hydroxylation is 1. The first-order valence-corrected chi connectivity index (χ1v) is 7.22. The Labute approximate surface area is 141 Å². The summed E-state index contributed by atoms with van der Waals surface area (Å²) in [6.45, 7) is 5.18. The Morgan fingerprint density at radius 2 is 1.91 bits per heavy atom. The number of alkyl halides is 3. The Balaban J connectivity index is 2.60. The van der Waals surface area contributed by atoms with Crippen molar-refractivity contribution in [2.75, 3.05) is 11.4 Å². The van der Waals surface area contributed by atoms with Crippen LogP contribution in [0.5, 0.6) is 0 Å². The Morgan fingerprint density at radius 3 is 2.48 bits per heavy atom. The second kappa shape index (κ2) is 6.76. The molecule has 0 aliphatic carbocycles. The van der Waals surface area contributed by atoms with E-state index in [0.717, 1.165) is 6.07 Å². The fourth-order valence-corrected chi connectivity index (χ4v) is 2.21. The molecule has 122 valence electrons. The van der Waals surface area contributed by atoms with Gasteiger partial charge < -0.3 is 4.90 Å². The standard InChI is InChI=1S/C15H12Cl2F3N3/c1-9-7-13(21-22-14(9)17)23(8-10(2)16)12-6-4-3-5-11(12)15(18,19)20/h3-7H,2,8H2,1H3. The molecule has 0 radical (unpaired) electrons. The van der Waals surface area contributed by atoms with Gasteiger partial charge >= 0.3 is 6.18 Å². The summed E-state index contributed by atoms with van der Waals surface area (Å²) >= 11 is 11.6. The van der Waals surface area contributed by atoms with E-state index in [1.807, 2.05) is 0 Å². The molecule has 8 heteroatoms. The predicted molar refractivity (Wildman–Crippen MR) is 85.2 cm³/mol. The predicted octanol–water partition coefficient (Wildman–Crippen LogP) is 5.35. The van der Waals surface area contributed by atoms with Gasteiger partial charge in [-0.25, -0.2) is 0 Å². The number of hydrogen-bond donors (Lipinski definition) is 0. The first-order chi connectivity index (χ1) is 10.7. The van der Waals surface area contributed by atoms with Crippen LogP contribution in [-0.4, -0.2) is 16.7 Å². The highest BCUT2D eigenvalue weighted by atomic mass is 35.5. The van der Waals surface area contributed by atoms with Crippen molar-refractivity contribution < 1.29 is 13.2 Å². The van der Waals surface area contributed by atoms with Crippen LogP contribution in [0.3, 0.4) is 0 Å². The maximum Gasteiger partial charge on any atom is 0.418 e. The van der Waals surface area contributed by atoms with Crippen LogP contribution in [0.4, 0.5) is 24.7 Å². The Hall–Kier alpha value is -1.79. The summed E-state index contributed by atoms with van der Waals surface area (Å²) in [5, 5.41) is 7.96. The lowest BCUT2D eigenvalue weighted by molar-refractivity contribution is -0.137. The van der Waals surface area contributed by atoms with E-state index in [0.29, 0.717) is 5.56 Å². The van der Waals surface area contributed by atoms with E-state index in [2.05, 4.69) is 16.8 Å². The third-order valence-corrected chi connectivity index (χ3v) is 3.51. The van der Waals surface area contributed by atoms with Crippen molar-refractivity contribution in [3.63, 3.8) is 0 Å². The fourth-order valence-electron chi connectivity index (χ4n) is 2.00. The lowest BCUT2D eigenvalue weighted by Gasteiger charge is -2.26. The summed E-state index contributed by atoms with van der Waals surface area (Å²) in [6.07, 6.45) is -4.52. The quantitative estimate of drug-likeness (QED) is 0.735. The lowest BCUT2D eigenvalue weighted by Crippen LogP contribution is -2.23. The zero-order chi connectivity index (χ0) is 17.2. The highest BCUT2D eigenvalue weighted by Crippen LogP contribution is 2.39. The normalized spacial score (nSPS) is 11.4. The van der Waals surface area contributed by atoms with Crippen LogP contribution in [0.25, 0.3) is 0 Å². The molecule has 0 aliphatic heterocycles. The van der Waals surface area contributed by atoms with E-state index < -0.39 is 11.7 Å². The van der Waals surface area contributed by atoms with Gasteiger partial charge in [-0.05, 0) is 30.7 Å². The average Bonchev–Trinajstić information content (AvgIpc) is 2.47. The molecule has 0 atom stereocenters. The van der Waals surface area contributed by atoms with E-state index in [-0.39, 0.29) is 28.2 Å². The Bertz CT molecular complexity index is 732. The van der Waals surface area contributed by atoms with Crippen LogP contribution in [0.1, 0.15) is 11.1 Å². The van der Waals surface area contributed by atoms with Crippen LogP contribution < -0.4 is 4.90 Å². The number of hydrogen-bond acceptors (Lipinski definition) is 3. The molecule has 2 aromatic rings. The van der Waals surface area contributed by atoms with Crippen LogP contribution in [-0.2, 0) is 6.18 Å². The SMILES string of the molecule is C=C(Cl)CN(c1cc(C)c(Cl)nn1)c1ccccc1C(F)(F)F. The molecule has 1 aromatic heterocycles. The van der Waals surface area contributed by atoms with Gasteiger partial charge in [0.25, 0.3) is 0 Å². The molecule has 0 saturated heterocycles. The van der Waals surface area contributed by atoms with E-state index in [1.165, 1.54) is 23.1 Å². The second-order valence-electron chi connectivity index (χ2n) is 4.79. The molecule has 0 aliphatic rings. The largest absolute Gasteiger partial charge is 0.418 e. The smallest absolute Gasteiger partial charge is 0.319 e. The van der Waals surface area contributed by atoms with Crippen molar-refractivity contribution in [1.82, 2.24) is 10.2 Å². The summed E-state index contributed by atoms with van der Waals surface area (Å²) in [4.78, 5) is 1.30. The van der Waals surface area contributed by atoms with Crippen molar-refractivity contribution in [3.8, 4) is 0 Å². The number of benzene rings is 1. The monoisotopic (exact) mass is 361 g/mol. The Kier molecular flexibility index (Phi) is 5.16. The summed E-state index contributed by atoms with van der Waals surface area (Å²) in [5.74, 6) is 0.199. The van der Waals surface area contributed by atoms with Gasteiger partial charge in [0.05, 0.1) is 17.8 Å². The summed E-state index contributed by atoms with van der Waals surface area (Å²) in [5.41, 5.74) is -0.295. The van der Waals surface area contributed by atoms with Crippen molar-refractivity contribution in [1.29, 1.82) is 0 Å². The summed E-state index contributed by atoms with van der Waals surface area (Å²) in [6, 6.07) is 6.70. The fraction of sp³-hybridized carbons (Fsp3) is 0.200. The van der Waals surface area contributed by atoms with Gasteiger partial charge in [-0.2, -0.15) is 13.2 Å². The van der Waals surface area contributed by atoms with E-state index in [9.17, 15) is 13.2 Å². The van der Waals surface area contributed by atoms with Crippen molar-refractivity contribution >= 4 is 34.7 Å². The van der Waals surface area contributed by atoms with Gasteiger partial charge in [-0.15, -0.1) is 10.2 Å². The first kappa shape index (κ1) is 17.6. The van der Waals surface area contributed by atoms with Crippen LogP contribution in [0, 0.1) is 6.92 Å². The Morgan fingerprint density at radius 1 is 1.26 bits per heavy atom. The van der Waals surface area contributed by atoms with Gasteiger partial charge in [-0.1, -0.05) is 41.9 Å². The van der Waals surface area contributed by atoms with Gasteiger partial charge in [0.1, 0.15) is 0 Å². The molecule has 0 N–H and O–H groups in total. The molecule has 0 bridgehead atoms. The zero-order valence-electron chi connectivity index (χ0n) is 12.0. The molecule has 23 heavy (non-hydrogen) atoms. The average molecular weight is 362 g/mol. The molecule has 0 spiro atoms. The second-order valence-corrected chi connectivity index (χ2v) is 5.69. The molecular weight excluding hydrogens is 350 g/mol. The van der Waals surface area contributed by atoms with Gasteiger partial charge in [-0.3, -0.25) is 0 Å². The minimum atomic E-state index is -4.52. The van der Waals surface area contributed by atoms with E-state index >= 15 is 0 Å². The number of rotatable bonds is 4. The van der Waals surface area contributed by atoms with Crippen molar-refractivity contribution in [2.24, 2.45) is 0 Å². The lowest BCUT2D eigenvalue weighted by atomic mass is 10.1. The zero-order valence-corrected chi connectivity index (χ0v) is 13.5. The molecule has 0 amide bonds. The van der Waals surface area contributed by atoms with Crippen LogP contribution in [0.2, 0.25) is 5.15 Å². The molecule has 0 saturated carbocycles. The molecule has 1 aromatic carbocycles. The highest BCUT2D eigenvalue weighted by molar-refractivity contribution is 6.30. The van der Waals surface area contributed by atoms with Crippen LogP contribution >= 0.6 is 23.2 Å². The van der Waals surface area contributed by atoms with Gasteiger partial charge in [0, 0.05) is 5.03 Å². The summed E-state index contributed by atoms with van der Waals surface area (Å²) in [7, 11) is 0. The third-order valence-electron chi connectivity index (χ3n) is 3.02. The minimum Gasteiger partial charge on any atom is -0.319 e. The molecule has 0 fully saturated rings. The molecular formula is C15H12Cl2F3N3. The number of nitrogens with zero attached hydrogens (tertiary/aromatic N) is 3. The molecule has 3 nitrogen and oxygen atoms in total. The molecule has 0 unspecified atom stereocenters. The van der Waals surface area contributed by atoms with E-state index in [4.69, 9.17) is 23.2 Å². The summed E-state index contributed by atoms with van der Waals surface area (Å²) < 4.78 is 39.8. The number of halogens is 5. The number of para-hydroxylation sites is 1. The van der Waals surface area contributed by atoms with Crippen LogP contribution in [0.15, 0.2) is 41.9 Å². The van der Waals surface area contributed by atoms with Crippen molar-refractivity contribution in [3.05, 3.63) is 58.2 Å². The van der Waals surface area contributed by atoms with Gasteiger partial charge in [0.2, 0.25) is 0 Å². The topological polar surface area (TPSA) is 29.0 Å². The maximum atomic E-state index is 13.3. The van der Waals surface area contributed by atoms with Crippen molar-refractivity contribution in [2.45, 2.75) is 13.1 Å². The highest BCUT2D eigenvalue weighted by Gasteiger charge is 2.35. The molecule has 2 rings (SSSR count). The maximum absolute atomic E-state index is 13.3. The number of anilines is 2.